The van der Waals surface area contributed by atoms with E-state index in [1.54, 1.807) is 22.8 Å². The van der Waals surface area contributed by atoms with E-state index in [2.05, 4.69) is 30.8 Å². The highest BCUT2D eigenvalue weighted by Gasteiger charge is 2.40. The van der Waals surface area contributed by atoms with Gasteiger partial charge in [0.2, 0.25) is 0 Å². The molecule has 0 aliphatic rings. The monoisotopic (exact) mass is 772 g/mol. The van der Waals surface area contributed by atoms with Crippen molar-refractivity contribution in [1.82, 2.24) is 9.88 Å². The zero-order chi connectivity index (χ0) is 40.7. The predicted molar refractivity (Wildman–Crippen MR) is 212 cm³/mol. The molecule has 1 N–H and O–H groups in total. The van der Waals surface area contributed by atoms with Crippen LogP contribution in [0.25, 0.3) is 28.3 Å². The molecule has 292 valence electrons. The number of hydrogen-bond acceptors (Lipinski definition) is 7. The summed E-state index contributed by atoms with van der Waals surface area (Å²) >= 11 is 0. The smallest absolute Gasteiger partial charge is 0.337 e. The summed E-state index contributed by atoms with van der Waals surface area (Å²) < 4.78 is 47.3. The predicted octanol–water partition coefficient (Wildman–Crippen LogP) is 9.32. The molecule has 1 amide bonds. The Labute approximate surface area is 322 Å². The number of carbonyl (C=O) groups is 4. The molecule has 0 aliphatic heterocycles. The number of aromatic nitrogens is 1. The van der Waals surface area contributed by atoms with Crippen LogP contribution in [0.3, 0.4) is 0 Å². The van der Waals surface area contributed by atoms with Gasteiger partial charge in [-0.1, -0.05) is 69.3 Å². The van der Waals surface area contributed by atoms with Crippen LogP contribution in [0, 0.1) is 11.6 Å². The van der Waals surface area contributed by atoms with Crippen LogP contribution in [0.5, 0.6) is 0 Å². The highest BCUT2D eigenvalue weighted by molar-refractivity contribution is 6.74. The van der Waals surface area contributed by atoms with E-state index in [9.17, 15) is 23.6 Å². The molecule has 3 aromatic carbocycles. The fourth-order valence-corrected chi connectivity index (χ4v) is 7.36. The number of ether oxygens (including phenoxy) is 2. The van der Waals surface area contributed by atoms with Gasteiger partial charge in [-0.25, -0.2) is 13.6 Å². The van der Waals surface area contributed by atoms with Crippen LogP contribution in [0.15, 0.2) is 78.9 Å². The van der Waals surface area contributed by atoms with E-state index in [-0.39, 0.29) is 53.1 Å². The SMILES string of the molecule is COC(=O)C[C@H](CC(=O)/C=C/c1c(-c2ccc(F)cc2)c(-c2ccccc2)c(C(=O)NCc2ccc(C(=O)OC)cc2F)n1C(C)C)O[Si](C)(C)C(C)(C)C. The largest absolute Gasteiger partial charge is 0.469 e. The average molecular weight is 773 g/mol. The van der Waals surface area contributed by atoms with Crippen LogP contribution in [0.4, 0.5) is 8.78 Å². The van der Waals surface area contributed by atoms with Crippen LogP contribution < -0.4 is 5.32 Å². The molecule has 0 unspecified atom stereocenters. The molecule has 0 aliphatic carbocycles. The van der Waals surface area contributed by atoms with E-state index >= 15 is 4.39 Å². The summed E-state index contributed by atoms with van der Waals surface area (Å²) in [6.45, 7) is 13.9. The number of halogens is 2. The first-order valence-corrected chi connectivity index (χ1v) is 21.0. The van der Waals surface area contributed by atoms with E-state index in [4.69, 9.17) is 9.16 Å². The van der Waals surface area contributed by atoms with E-state index < -0.39 is 43.9 Å². The van der Waals surface area contributed by atoms with Gasteiger partial charge < -0.3 is 23.8 Å². The van der Waals surface area contributed by atoms with Crippen LogP contribution in [-0.4, -0.2) is 56.8 Å². The van der Waals surface area contributed by atoms with Gasteiger partial charge in [-0.3, -0.25) is 14.4 Å². The van der Waals surface area contributed by atoms with Gasteiger partial charge in [-0.15, -0.1) is 0 Å². The average Bonchev–Trinajstić information content (AvgIpc) is 3.48. The molecule has 1 aromatic heterocycles. The number of nitrogens with zero attached hydrogens (tertiary/aromatic N) is 1. The number of ketones is 1. The lowest BCUT2D eigenvalue weighted by Crippen LogP contribution is -2.44. The Morgan fingerprint density at radius 3 is 2.05 bits per heavy atom. The molecule has 0 radical (unpaired) electrons. The number of methoxy groups -OCH3 is 2. The summed E-state index contributed by atoms with van der Waals surface area (Å²) in [5, 5.41) is 2.68. The molecule has 1 atom stereocenters. The van der Waals surface area contributed by atoms with Crippen molar-refractivity contribution in [2.24, 2.45) is 0 Å². The molecule has 0 saturated heterocycles. The maximum atomic E-state index is 15.1. The molecule has 4 aromatic rings. The summed E-state index contributed by atoms with van der Waals surface area (Å²) in [5.41, 5.74) is 3.30. The first-order chi connectivity index (χ1) is 25.9. The molecule has 0 bridgehead atoms. The van der Waals surface area contributed by atoms with Crippen molar-refractivity contribution < 1.29 is 41.9 Å². The Morgan fingerprint density at radius 1 is 0.855 bits per heavy atom. The Kier molecular flexibility index (Phi) is 13.9. The summed E-state index contributed by atoms with van der Waals surface area (Å²) in [6.07, 6.45) is 2.14. The maximum absolute atomic E-state index is 15.1. The Bertz CT molecular complexity index is 2050. The second-order valence-electron chi connectivity index (χ2n) is 15.1. The minimum atomic E-state index is -2.39. The van der Waals surface area contributed by atoms with E-state index in [1.165, 1.54) is 44.6 Å². The Hall–Kier alpha value is -5.20. The van der Waals surface area contributed by atoms with Crippen LogP contribution >= 0.6 is 0 Å². The van der Waals surface area contributed by atoms with Crippen molar-refractivity contribution in [3.63, 3.8) is 0 Å². The second kappa shape index (κ2) is 18.0. The zero-order valence-electron chi connectivity index (χ0n) is 32.9. The van der Waals surface area contributed by atoms with Crippen molar-refractivity contribution >= 4 is 38.0 Å². The summed E-state index contributed by atoms with van der Waals surface area (Å²) in [6, 6.07) is 18.6. The molecule has 4 rings (SSSR count). The number of amides is 1. The van der Waals surface area contributed by atoms with Gasteiger partial charge >= 0.3 is 11.9 Å². The number of esters is 2. The third-order valence-corrected chi connectivity index (χ3v) is 14.4. The van der Waals surface area contributed by atoms with Crippen molar-refractivity contribution in [3.8, 4) is 22.3 Å². The molecule has 1 heterocycles. The van der Waals surface area contributed by atoms with Crippen LogP contribution in [0.2, 0.25) is 18.1 Å². The molecular weight excluding hydrogens is 723 g/mol. The van der Waals surface area contributed by atoms with Crippen molar-refractivity contribution in [2.75, 3.05) is 14.2 Å². The maximum Gasteiger partial charge on any atom is 0.337 e. The Balaban J connectivity index is 1.86. The number of rotatable bonds is 15. The number of benzene rings is 3. The van der Waals surface area contributed by atoms with Gasteiger partial charge in [-0.2, -0.15) is 0 Å². The van der Waals surface area contributed by atoms with Gasteiger partial charge in [0, 0.05) is 35.7 Å². The molecule has 55 heavy (non-hydrogen) atoms. The van der Waals surface area contributed by atoms with Gasteiger partial charge in [-0.05, 0) is 79.5 Å². The lowest BCUT2D eigenvalue weighted by Gasteiger charge is -2.39. The first kappa shape index (κ1) is 42.5. The van der Waals surface area contributed by atoms with Gasteiger partial charge in [0.25, 0.3) is 5.91 Å². The Morgan fingerprint density at radius 2 is 1.49 bits per heavy atom. The highest BCUT2D eigenvalue weighted by Crippen LogP contribution is 2.43. The standard InChI is InChI=1S/C43H50F2N2O7Si/c1-27(2)47-36(22-21-33(48)24-34(25-37(49)52-6)54-55(8,9)43(3,4)5)38(29-17-19-32(44)20-18-29)39(28-13-11-10-12-14-28)40(47)41(50)46-26-31-16-15-30(23-35(31)45)42(51)53-7/h10-23,27,34H,24-26H2,1-9H3,(H,46,50)/b22-21+/t34-/m0/s1. The van der Waals surface area contributed by atoms with Crippen LogP contribution in [-0.2, 0) is 30.0 Å². The molecular formula is C43H50F2N2O7Si. The molecule has 0 fully saturated rings. The summed E-state index contributed by atoms with van der Waals surface area (Å²) in [7, 11) is 0.104. The van der Waals surface area contributed by atoms with Crippen LogP contribution in [0.1, 0.15) is 85.6 Å². The van der Waals surface area contributed by atoms with E-state index in [0.29, 0.717) is 27.9 Å². The van der Waals surface area contributed by atoms with Gasteiger partial charge in [0.1, 0.15) is 17.3 Å². The lowest BCUT2D eigenvalue weighted by molar-refractivity contribution is -0.142. The minimum Gasteiger partial charge on any atom is -0.469 e. The third kappa shape index (κ3) is 10.3. The number of carbonyl (C=O) groups excluding carboxylic acids is 4. The van der Waals surface area contributed by atoms with Gasteiger partial charge in [0.05, 0.1) is 38.0 Å². The number of hydrogen-bond donors (Lipinski definition) is 1. The molecule has 9 nitrogen and oxygen atoms in total. The van der Waals surface area contributed by atoms with Crippen molar-refractivity contribution in [3.05, 3.63) is 113 Å². The fraction of sp³-hybridized carbons (Fsp3) is 0.349. The molecule has 0 saturated carbocycles. The van der Waals surface area contributed by atoms with E-state index in [0.717, 1.165) is 6.07 Å². The summed E-state index contributed by atoms with van der Waals surface area (Å²) in [5.74, 6) is -3.16. The quantitative estimate of drug-likeness (QED) is 0.0728. The first-order valence-electron chi connectivity index (χ1n) is 18.1. The molecule has 12 heteroatoms. The third-order valence-electron chi connectivity index (χ3n) is 9.83. The van der Waals surface area contributed by atoms with Crippen molar-refractivity contribution in [2.45, 2.75) is 84.3 Å². The zero-order valence-corrected chi connectivity index (χ0v) is 33.9. The number of nitrogens with one attached hydrogen (secondary N) is 1. The van der Waals surface area contributed by atoms with Crippen molar-refractivity contribution in [1.29, 1.82) is 0 Å². The fourth-order valence-electron chi connectivity index (χ4n) is 6.00. The normalized spacial score (nSPS) is 12.5. The molecule has 0 spiro atoms. The number of allylic oxidation sites excluding steroid dienone is 1. The summed E-state index contributed by atoms with van der Waals surface area (Å²) in [4.78, 5) is 52.5. The topological polar surface area (TPSA) is 113 Å². The lowest BCUT2D eigenvalue weighted by atomic mass is 9.94. The van der Waals surface area contributed by atoms with E-state index in [1.807, 2.05) is 57.3 Å². The highest BCUT2D eigenvalue weighted by atomic mass is 28.4. The van der Waals surface area contributed by atoms with Gasteiger partial charge in [0.15, 0.2) is 14.1 Å². The minimum absolute atomic E-state index is 0.0354. The second-order valence-corrected chi connectivity index (χ2v) is 19.8.